The molecule has 0 saturated heterocycles. The molecule has 0 aliphatic rings. The van der Waals surface area contributed by atoms with Gasteiger partial charge in [0.05, 0.1) is 0 Å². The number of amides is 1. The van der Waals surface area contributed by atoms with Gasteiger partial charge in [0.2, 0.25) is 0 Å². The van der Waals surface area contributed by atoms with E-state index in [-0.39, 0.29) is 17.2 Å². The second-order valence-electron chi connectivity index (χ2n) is 3.46. The van der Waals surface area contributed by atoms with Crippen molar-refractivity contribution < 1.29 is 19.4 Å². The maximum Gasteiger partial charge on any atom is 0.342 e. The molecule has 1 rings (SSSR count). The predicted molar refractivity (Wildman–Crippen MR) is 61.7 cm³/mol. The van der Waals surface area contributed by atoms with Crippen LogP contribution in [-0.4, -0.2) is 29.6 Å². The van der Waals surface area contributed by atoms with Gasteiger partial charge < -0.3 is 15.2 Å². The Morgan fingerprint density at radius 3 is 2.65 bits per heavy atom. The minimum absolute atomic E-state index is 0.0450. The van der Waals surface area contributed by atoms with Gasteiger partial charge >= 0.3 is 5.97 Å². The molecule has 0 radical (unpaired) electrons. The van der Waals surface area contributed by atoms with Crippen molar-refractivity contribution in [2.75, 3.05) is 6.54 Å². The monoisotopic (exact) mass is 237 g/mol. The highest BCUT2D eigenvalue weighted by Crippen LogP contribution is 2.17. The normalized spacial score (nSPS) is 11.6. The molecule has 1 aromatic rings. The van der Waals surface area contributed by atoms with Gasteiger partial charge in [0.15, 0.2) is 6.10 Å². The third-order valence-electron chi connectivity index (χ3n) is 2.13. The van der Waals surface area contributed by atoms with Crippen LogP contribution in [0.5, 0.6) is 5.75 Å². The highest BCUT2D eigenvalue weighted by Gasteiger charge is 2.19. The highest BCUT2D eigenvalue weighted by atomic mass is 16.5. The number of esters is 1. The number of phenolic OH excluding ortho intramolecular Hbond substituents is 1. The van der Waals surface area contributed by atoms with Crippen LogP contribution in [-0.2, 0) is 9.53 Å². The number of hydrogen-bond donors (Lipinski definition) is 2. The Morgan fingerprint density at radius 2 is 2.06 bits per heavy atom. The molecule has 1 amide bonds. The van der Waals surface area contributed by atoms with Crippen LogP contribution in [0.3, 0.4) is 0 Å². The van der Waals surface area contributed by atoms with E-state index < -0.39 is 12.1 Å². The first-order valence-corrected chi connectivity index (χ1v) is 5.33. The maximum absolute atomic E-state index is 11.6. The van der Waals surface area contributed by atoms with Crippen molar-refractivity contribution in [1.29, 1.82) is 0 Å². The number of carbonyl (C=O) groups excluding carboxylic acids is 2. The Bertz CT molecular complexity index is 417. The molecule has 1 atom stereocenters. The van der Waals surface area contributed by atoms with Crippen molar-refractivity contribution in [2.24, 2.45) is 0 Å². The fourth-order valence-corrected chi connectivity index (χ4v) is 1.24. The van der Waals surface area contributed by atoms with Crippen molar-refractivity contribution in [3.8, 4) is 5.75 Å². The van der Waals surface area contributed by atoms with Gasteiger partial charge in [0, 0.05) is 6.54 Å². The number of para-hydroxylation sites is 1. The summed E-state index contributed by atoms with van der Waals surface area (Å²) in [7, 11) is 0. The molecule has 0 aliphatic heterocycles. The smallest absolute Gasteiger partial charge is 0.342 e. The first kappa shape index (κ1) is 13.0. The van der Waals surface area contributed by atoms with E-state index in [0.717, 1.165) is 0 Å². The molecule has 0 bridgehead atoms. The standard InChI is InChI=1S/C12H15NO4/c1-3-13-11(15)8(2)17-12(16)9-6-4-5-7-10(9)14/h4-8,14H,3H2,1-2H3,(H,13,15)/t8-/m1/s1. The number of ether oxygens (including phenoxy) is 1. The fourth-order valence-electron chi connectivity index (χ4n) is 1.24. The number of aromatic hydroxyl groups is 1. The van der Waals surface area contributed by atoms with Crippen molar-refractivity contribution >= 4 is 11.9 Å². The second-order valence-corrected chi connectivity index (χ2v) is 3.46. The van der Waals surface area contributed by atoms with Crippen LogP contribution in [0, 0.1) is 0 Å². The van der Waals surface area contributed by atoms with Gasteiger partial charge in [-0.05, 0) is 26.0 Å². The molecule has 0 saturated carbocycles. The quantitative estimate of drug-likeness (QED) is 0.768. The third kappa shape index (κ3) is 3.48. The van der Waals surface area contributed by atoms with E-state index in [0.29, 0.717) is 6.54 Å². The van der Waals surface area contributed by atoms with Gasteiger partial charge in [-0.2, -0.15) is 0 Å². The molecule has 0 heterocycles. The third-order valence-corrected chi connectivity index (χ3v) is 2.13. The lowest BCUT2D eigenvalue weighted by atomic mass is 10.2. The fraction of sp³-hybridized carbons (Fsp3) is 0.333. The van der Waals surface area contributed by atoms with Crippen LogP contribution in [0.25, 0.3) is 0 Å². The molecule has 5 nitrogen and oxygen atoms in total. The predicted octanol–water partition coefficient (Wildman–Crippen LogP) is 1.07. The molecule has 17 heavy (non-hydrogen) atoms. The van der Waals surface area contributed by atoms with Gasteiger partial charge in [-0.25, -0.2) is 4.79 Å². The summed E-state index contributed by atoms with van der Waals surface area (Å²) in [5, 5.41) is 12.0. The minimum Gasteiger partial charge on any atom is -0.507 e. The van der Waals surface area contributed by atoms with E-state index in [4.69, 9.17) is 4.74 Å². The van der Waals surface area contributed by atoms with Crippen LogP contribution < -0.4 is 5.32 Å². The zero-order chi connectivity index (χ0) is 12.8. The van der Waals surface area contributed by atoms with Crippen LogP contribution in [0.2, 0.25) is 0 Å². The Labute approximate surface area is 99.4 Å². The lowest BCUT2D eigenvalue weighted by Crippen LogP contribution is -2.35. The first-order chi connectivity index (χ1) is 8.06. The van der Waals surface area contributed by atoms with E-state index >= 15 is 0 Å². The van der Waals surface area contributed by atoms with E-state index in [9.17, 15) is 14.7 Å². The second kappa shape index (κ2) is 5.89. The minimum atomic E-state index is -0.887. The van der Waals surface area contributed by atoms with Crippen molar-refractivity contribution in [1.82, 2.24) is 5.32 Å². The number of likely N-dealkylation sites (N-methyl/N-ethyl adjacent to an activating group) is 1. The van der Waals surface area contributed by atoms with E-state index in [2.05, 4.69) is 5.32 Å². The van der Waals surface area contributed by atoms with Crippen molar-refractivity contribution in [3.63, 3.8) is 0 Å². The summed E-state index contributed by atoms with van der Waals surface area (Å²) in [6, 6.07) is 6.02. The highest BCUT2D eigenvalue weighted by molar-refractivity contribution is 5.94. The lowest BCUT2D eigenvalue weighted by Gasteiger charge is -2.12. The molecule has 0 spiro atoms. The van der Waals surface area contributed by atoms with Gasteiger partial charge in [-0.3, -0.25) is 4.79 Å². The zero-order valence-corrected chi connectivity index (χ0v) is 9.77. The Morgan fingerprint density at radius 1 is 1.41 bits per heavy atom. The number of hydrogen-bond acceptors (Lipinski definition) is 4. The molecule has 0 aromatic heterocycles. The number of phenols is 1. The van der Waals surface area contributed by atoms with E-state index in [1.165, 1.54) is 19.1 Å². The molecule has 1 aromatic carbocycles. The summed E-state index contributed by atoms with van der Waals surface area (Å²) in [5.41, 5.74) is 0.0450. The first-order valence-electron chi connectivity index (χ1n) is 5.33. The SMILES string of the molecule is CCNC(=O)[C@@H](C)OC(=O)c1ccccc1O. The number of benzene rings is 1. The van der Waals surface area contributed by atoms with Crippen molar-refractivity contribution in [3.05, 3.63) is 29.8 Å². The van der Waals surface area contributed by atoms with Crippen LogP contribution in [0.4, 0.5) is 0 Å². The van der Waals surface area contributed by atoms with Crippen molar-refractivity contribution in [2.45, 2.75) is 20.0 Å². The molecule has 5 heteroatoms. The lowest BCUT2D eigenvalue weighted by molar-refractivity contribution is -0.128. The average molecular weight is 237 g/mol. The topological polar surface area (TPSA) is 75.6 Å². The van der Waals surface area contributed by atoms with Gasteiger partial charge in [0.1, 0.15) is 11.3 Å². The van der Waals surface area contributed by atoms with Gasteiger partial charge in [-0.1, -0.05) is 12.1 Å². The summed E-state index contributed by atoms with van der Waals surface area (Å²) in [6.07, 6.45) is -0.887. The van der Waals surface area contributed by atoms with Gasteiger partial charge in [-0.15, -0.1) is 0 Å². The number of carbonyl (C=O) groups is 2. The van der Waals surface area contributed by atoms with Crippen LogP contribution >= 0.6 is 0 Å². The molecule has 0 aliphatic carbocycles. The zero-order valence-electron chi connectivity index (χ0n) is 9.77. The Balaban J connectivity index is 2.67. The molecule has 0 unspecified atom stereocenters. The molecule has 2 N–H and O–H groups in total. The summed E-state index contributed by atoms with van der Waals surface area (Å²) in [4.78, 5) is 23.0. The Hall–Kier alpha value is -2.04. The van der Waals surface area contributed by atoms with Crippen LogP contribution in [0.1, 0.15) is 24.2 Å². The van der Waals surface area contributed by atoms with Gasteiger partial charge in [0.25, 0.3) is 5.91 Å². The molecular formula is C12H15NO4. The maximum atomic E-state index is 11.6. The number of nitrogens with one attached hydrogen (secondary N) is 1. The summed E-state index contributed by atoms with van der Waals surface area (Å²) >= 11 is 0. The van der Waals surface area contributed by atoms with E-state index in [1.54, 1.807) is 19.1 Å². The molecule has 0 fully saturated rings. The molecule has 92 valence electrons. The Kier molecular flexibility index (Phi) is 4.51. The summed E-state index contributed by atoms with van der Waals surface area (Å²) < 4.78 is 4.92. The largest absolute Gasteiger partial charge is 0.507 e. The summed E-state index contributed by atoms with van der Waals surface area (Å²) in [6.45, 7) is 3.72. The number of rotatable bonds is 4. The average Bonchev–Trinajstić information content (AvgIpc) is 2.29. The van der Waals surface area contributed by atoms with E-state index in [1.807, 2.05) is 0 Å². The summed E-state index contributed by atoms with van der Waals surface area (Å²) in [5.74, 6) is -1.25. The van der Waals surface area contributed by atoms with Crippen LogP contribution in [0.15, 0.2) is 24.3 Å². The molecular weight excluding hydrogens is 222 g/mol.